The van der Waals surface area contributed by atoms with Gasteiger partial charge >= 0.3 is 0 Å². The van der Waals surface area contributed by atoms with Crippen LogP contribution in [0.15, 0.2) is 61.1 Å². The molecule has 0 amide bonds. The van der Waals surface area contributed by atoms with E-state index in [4.69, 9.17) is 0 Å². The Labute approximate surface area is 146 Å². The molecule has 4 aromatic rings. The molecule has 0 radical (unpaired) electrons. The summed E-state index contributed by atoms with van der Waals surface area (Å²) in [7, 11) is 2.01. The highest BCUT2D eigenvalue weighted by molar-refractivity contribution is 5.51. The minimum absolute atomic E-state index is 0.0827. The summed E-state index contributed by atoms with van der Waals surface area (Å²) in [6.45, 7) is 2.10. The number of hydrogen-bond donors (Lipinski definition) is 1. The highest BCUT2D eigenvalue weighted by Crippen LogP contribution is 2.26. The van der Waals surface area contributed by atoms with Crippen LogP contribution >= 0.6 is 0 Å². The van der Waals surface area contributed by atoms with Gasteiger partial charge in [-0.05, 0) is 12.0 Å². The molecule has 126 valence electrons. The third kappa shape index (κ3) is 2.87. The highest BCUT2D eigenvalue weighted by atomic mass is 15.3. The molecule has 4 rings (SSSR count). The minimum Gasteiger partial charge on any atom is -0.356 e. The van der Waals surface area contributed by atoms with Gasteiger partial charge in [0, 0.05) is 37.3 Å². The van der Waals surface area contributed by atoms with Crippen molar-refractivity contribution in [3.63, 3.8) is 0 Å². The van der Waals surface area contributed by atoms with Gasteiger partial charge < -0.3 is 9.88 Å². The number of hydrogen-bond acceptors (Lipinski definition) is 4. The van der Waals surface area contributed by atoms with E-state index in [-0.39, 0.29) is 6.04 Å². The van der Waals surface area contributed by atoms with Crippen molar-refractivity contribution in [2.24, 2.45) is 7.05 Å². The van der Waals surface area contributed by atoms with Gasteiger partial charge in [-0.15, -0.1) is 0 Å². The van der Waals surface area contributed by atoms with Gasteiger partial charge in [-0.25, -0.2) is 9.97 Å². The Balaban J connectivity index is 1.82. The number of nitrogens with zero attached hydrogens (tertiary/aromatic N) is 5. The van der Waals surface area contributed by atoms with Crippen molar-refractivity contribution in [1.82, 2.24) is 24.1 Å². The molecule has 0 aliphatic rings. The second-order valence-corrected chi connectivity index (χ2v) is 5.97. The number of anilines is 1. The van der Waals surface area contributed by atoms with Crippen LogP contribution in [0.1, 0.15) is 30.0 Å². The fourth-order valence-corrected chi connectivity index (χ4v) is 2.99. The summed E-state index contributed by atoms with van der Waals surface area (Å²) in [4.78, 5) is 9.17. The monoisotopic (exact) mass is 332 g/mol. The number of rotatable bonds is 5. The molecule has 0 saturated carbocycles. The summed E-state index contributed by atoms with van der Waals surface area (Å²) >= 11 is 0. The molecule has 1 aromatic carbocycles. The number of fused-ring (bicyclic) bond motifs is 1. The Hall–Kier alpha value is -3.15. The first-order chi connectivity index (χ1) is 12.3. The van der Waals surface area contributed by atoms with E-state index in [1.807, 2.05) is 52.8 Å². The first kappa shape index (κ1) is 15.4. The predicted octanol–water partition coefficient (Wildman–Crippen LogP) is 3.23. The third-order valence-electron chi connectivity index (χ3n) is 4.32. The smallest absolute Gasteiger partial charge is 0.157 e. The number of imidazole rings is 1. The highest BCUT2D eigenvalue weighted by Gasteiger charge is 2.20. The molecule has 6 nitrogen and oxygen atoms in total. The van der Waals surface area contributed by atoms with Crippen molar-refractivity contribution >= 4 is 11.5 Å². The van der Waals surface area contributed by atoms with Gasteiger partial charge in [-0.1, -0.05) is 37.3 Å². The van der Waals surface area contributed by atoms with E-state index in [1.54, 1.807) is 6.20 Å². The minimum atomic E-state index is -0.0827. The van der Waals surface area contributed by atoms with Crippen LogP contribution < -0.4 is 5.32 Å². The maximum Gasteiger partial charge on any atom is 0.157 e. The molecule has 0 bridgehead atoms. The van der Waals surface area contributed by atoms with E-state index in [1.165, 1.54) is 0 Å². The van der Waals surface area contributed by atoms with E-state index >= 15 is 0 Å². The number of nitrogens with one attached hydrogen (secondary N) is 1. The lowest BCUT2D eigenvalue weighted by Crippen LogP contribution is -2.19. The van der Waals surface area contributed by atoms with Gasteiger partial charge in [0.25, 0.3) is 0 Å². The van der Waals surface area contributed by atoms with Gasteiger partial charge in [0.05, 0.1) is 6.20 Å². The maximum absolute atomic E-state index is 4.61. The molecule has 0 aliphatic heterocycles. The molecule has 0 fully saturated rings. The first-order valence-electron chi connectivity index (χ1n) is 8.38. The molecule has 0 spiro atoms. The zero-order valence-corrected chi connectivity index (χ0v) is 14.3. The summed E-state index contributed by atoms with van der Waals surface area (Å²) in [6, 6.07) is 14.2. The summed E-state index contributed by atoms with van der Waals surface area (Å²) in [6.07, 6.45) is 6.42. The van der Waals surface area contributed by atoms with Gasteiger partial charge in [0.1, 0.15) is 17.7 Å². The number of aryl methyl sites for hydroxylation is 2. The average Bonchev–Trinajstić information content (AvgIpc) is 3.29. The Bertz CT molecular complexity index is 986. The molecule has 25 heavy (non-hydrogen) atoms. The first-order valence-corrected chi connectivity index (χ1v) is 8.38. The lowest BCUT2D eigenvalue weighted by Gasteiger charge is -2.21. The Morgan fingerprint density at radius 1 is 1.12 bits per heavy atom. The Kier molecular flexibility index (Phi) is 3.93. The maximum atomic E-state index is 4.61. The molecule has 1 N–H and O–H groups in total. The molecule has 0 saturated heterocycles. The zero-order chi connectivity index (χ0) is 17.2. The van der Waals surface area contributed by atoms with Gasteiger partial charge in [-0.2, -0.15) is 9.61 Å². The van der Waals surface area contributed by atoms with Crippen molar-refractivity contribution in [3.8, 4) is 0 Å². The summed E-state index contributed by atoms with van der Waals surface area (Å²) in [5.74, 6) is 1.85. The molecular formula is C19H20N6. The second kappa shape index (κ2) is 6.39. The molecule has 0 aliphatic carbocycles. The van der Waals surface area contributed by atoms with E-state index in [0.29, 0.717) is 0 Å². The lowest BCUT2D eigenvalue weighted by atomic mass is 10.1. The van der Waals surface area contributed by atoms with Crippen LogP contribution in [0, 0.1) is 0 Å². The molecular weight excluding hydrogens is 312 g/mol. The topological polar surface area (TPSA) is 60.0 Å². The molecule has 3 heterocycles. The van der Waals surface area contributed by atoms with Crippen molar-refractivity contribution in [1.29, 1.82) is 0 Å². The number of benzene rings is 1. The SMILES string of the molecule is CCc1cc(NC(c2ccccc2)c2nccn2C)n2nccc2n1. The summed E-state index contributed by atoms with van der Waals surface area (Å²) in [5.41, 5.74) is 3.02. The molecule has 3 aromatic heterocycles. The molecule has 6 heteroatoms. The van der Waals surface area contributed by atoms with Crippen molar-refractivity contribution in [2.75, 3.05) is 5.32 Å². The quantitative estimate of drug-likeness (QED) is 0.609. The van der Waals surface area contributed by atoms with Crippen LogP contribution in [0.25, 0.3) is 5.65 Å². The normalized spacial score (nSPS) is 12.4. The van der Waals surface area contributed by atoms with E-state index in [9.17, 15) is 0 Å². The summed E-state index contributed by atoms with van der Waals surface area (Å²) in [5, 5.41) is 8.03. The van der Waals surface area contributed by atoms with Crippen molar-refractivity contribution < 1.29 is 0 Å². The van der Waals surface area contributed by atoms with Crippen LogP contribution in [-0.2, 0) is 13.5 Å². The van der Waals surface area contributed by atoms with E-state index < -0.39 is 0 Å². The standard InChI is InChI=1S/C19H20N6/c1-3-15-13-17(25-16(22-15)9-10-21-25)23-18(14-7-5-4-6-8-14)19-20-11-12-24(19)2/h4-13,18,23H,3H2,1-2H3. The average molecular weight is 332 g/mol. The van der Waals surface area contributed by atoms with E-state index in [0.717, 1.165) is 35.0 Å². The zero-order valence-electron chi connectivity index (χ0n) is 14.3. The lowest BCUT2D eigenvalue weighted by molar-refractivity contribution is 0.739. The second-order valence-electron chi connectivity index (χ2n) is 5.97. The van der Waals surface area contributed by atoms with Crippen LogP contribution in [0.4, 0.5) is 5.82 Å². The largest absolute Gasteiger partial charge is 0.356 e. The van der Waals surface area contributed by atoms with Crippen LogP contribution in [0.5, 0.6) is 0 Å². The van der Waals surface area contributed by atoms with Gasteiger partial charge in [0.15, 0.2) is 5.65 Å². The van der Waals surface area contributed by atoms with Gasteiger partial charge in [0.2, 0.25) is 0 Å². The van der Waals surface area contributed by atoms with Crippen LogP contribution in [0.2, 0.25) is 0 Å². The van der Waals surface area contributed by atoms with Crippen LogP contribution in [-0.4, -0.2) is 24.1 Å². The third-order valence-corrected chi connectivity index (χ3v) is 4.32. The van der Waals surface area contributed by atoms with E-state index in [2.05, 4.69) is 45.5 Å². The predicted molar refractivity (Wildman–Crippen MR) is 97.5 cm³/mol. The summed E-state index contributed by atoms with van der Waals surface area (Å²) < 4.78 is 3.87. The van der Waals surface area contributed by atoms with Crippen LogP contribution in [0.3, 0.4) is 0 Å². The van der Waals surface area contributed by atoms with Crippen molar-refractivity contribution in [2.45, 2.75) is 19.4 Å². The fraction of sp³-hybridized carbons (Fsp3) is 0.211. The fourth-order valence-electron chi connectivity index (χ4n) is 2.99. The van der Waals surface area contributed by atoms with Gasteiger partial charge in [-0.3, -0.25) is 0 Å². The van der Waals surface area contributed by atoms with Crippen molar-refractivity contribution in [3.05, 3.63) is 78.1 Å². The number of aromatic nitrogens is 5. The molecule has 1 unspecified atom stereocenters. The molecule has 1 atom stereocenters. The Morgan fingerprint density at radius 3 is 2.68 bits per heavy atom. The Morgan fingerprint density at radius 2 is 1.96 bits per heavy atom.